The molecule has 2 saturated heterocycles. The van der Waals surface area contributed by atoms with E-state index in [9.17, 15) is 40.2 Å². The molecule has 4 aliphatic heterocycles. The van der Waals surface area contributed by atoms with E-state index >= 15 is 0 Å². The second-order valence-corrected chi connectivity index (χ2v) is 12.1. The number of aliphatic hydroxyl groups is 3. The van der Waals surface area contributed by atoms with Crippen molar-refractivity contribution in [3.63, 3.8) is 0 Å². The lowest BCUT2D eigenvalue weighted by Gasteiger charge is -2.48. The SMILES string of the molecule is C=C[C@H]1[C@H](O[C@@H]2O[C@H](COC(=O)/C=C/c3ccc(O)c(OC)c3)[C@@H](O)[C@H](O)[C@H]2O)OC=C2C(=O)N3CCc4cc(O)c(O)cc4[C@H]3C[C@H]21. The van der Waals surface area contributed by atoms with E-state index in [0.717, 1.165) is 17.2 Å². The van der Waals surface area contributed by atoms with Gasteiger partial charge in [0, 0.05) is 24.5 Å². The zero-order valence-electron chi connectivity index (χ0n) is 25.9. The molecule has 0 aromatic heterocycles. The first-order valence-electron chi connectivity index (χ1n) is 15.4. The average molecular weight is 668 g/mol. The maximum Gasteiger partial charge on any atom is 0.330 e. The van der Waals surface area contributed by atoms with Gasteiger partial charge in [-0.05, 0) is 59.9 Å². The largest absolute Gasteiger partial charge is 0.504 e. The molecule has 0 radical (unpaired) electrons. The third kappa shape index (κ3) is 6.20. The number of ether oxygens (including phenoxy) is 5. The number of amides is 1. The van der Waals surface area contributed by atoms with Gasteiger partial charge in [-0.1, -0.05) is 12.1 Å². The minimum atomic E-state index is -1.73. The predicted molar refractivity (Wildman–Crippen MR) is 165 cm³/mol. The summed E-state index contributed by atoms with van der Waals surface area (Å²) in [7, 11) is 1.39. The van der Waals surface area contributed by atoms with Crippen molar-refractivity contribution in [1.29, 1.82) is 0 Å². The van der Waals surface area contributed by atoms with Crippen LogP contribution in [0.4, 0.5) is 0 Å². The van der Waals surface area contributed by atoms with E-state index in [2.05, 4.69) is 6.58 Å². The van der Waals surface area contributed by atoms with Gasteiger partial charge in [-0.15, -0.1) is 6.58 Å². The molecule has 48 heavy (non-hydrogen) atoms. The smallest absolute Gasteiger partial charge is 0.330 e. The van der Waals surface area contributed by atoms with E-state index in [-0.39, 0.29) is 28.9 Å². The number of phenolic OH excluding ortho intramolecular Hbond substituents is 3. The highest BCUT2D eigenvalue weighted by atomic mass is 16.8. The quantitative estimate of drug-likeness (QED) is 0.102. The van der Waals surface area contributed by atoms with Crippen LogP contribution in [-0.4, -0.2) is 105 Å². The Morgan fingerprint density at radius 3 is 2.56 bits per heavy atom. The summed E-state index contributed by atoms with van der Waals surface area (Å²) >= 11 is 0. The molecule has 4 heterocycles. The van der Waals surface area contributed by atoms with Crippen LogP contribution in [0.15, 0.2) is 60.9 Å². The van der Waals surface area contributed by atoms with Crippen LogP contribution in [0.3, 0.4) is 0 Å². The Morgan fingerprint density at radius 1 is 1.04 bits per heavy atom. The maximum atomic E-state index is 13.6. The Hall–Kier alpha value is -4.60. The number of esters is 1. The van der Waals surface area contributed by atoms with Crippen molar-refractivity contribution in [3.05, 3.63) is 77.6 Å². The number of piperidine rings is 1. The van der Waals surface area contributed by atoms with Gasteiger partial charge in [-0.25, -0.2) is 4.79 Å². The Bertz CT molecular complexity index is 1640. The molecule has 6 N–H and O–H groups in total. The van der Waals surface area contributed by atoms with Crippen LogP contribution in [0.2, 0.25) is 0 Å². The lowest BCUT2D eigenvalue weighted by atomic mass is 9.73. The Morgan fingerprint density at radius 2 is 1.81 bits per heavy atom. The van der Waals surface area contributed by atoms with Crippen molar-refractivity contribution < 1.29 is 63.9 Å². The molecule has 9 atom stereocenters. The van der Waals surface area contributed by atoms with E-state index in [4.69, 9.17) is 23.7 Å². The van der Waals surface area contributed by atoms with Gasteiger partial charge in [0.1, 0.15) is 31.0 Å². The van der Waals surface area contributed by atoms with Crippen molar-refractivity contribution in [2.45, 2.75) is 55.9 Å². The van der Waals surface area contributed by atoms with E-state index in [1.807, 2.05) is 0 Å². The molecule has 1 amide bonds. The summed E-state index contributed by atoms with van der Waals surface area (Å²) in [5.41, 5.74) is 2.51. The number of fused-ring (bicyclic) bond motifs is 4. The van der Waals surface area contributed by atoms with Gasteiger partial charge in [0.25, 0.3) is 5.91 Å². The number of methoxy groups -OCH3 is 1. The van der Waals surface area contributed by atoms with Crippen molar-refractivity contribution in [2.75, 3.05) is 20.3 Å². The first kappa shape index (κ1) is 33.3. The Balaban J connectivity index is 1.13. The van der Waals surface area contributed by atoms with Gasteiger partial charge >= 0.3 is 5.97 Å². The molecule has 0 aliphatic carbocycles. The lowest BCUT2D eigenvalue weighted by molar-refractivity contribution is -0.339. The third-order valence-corrected chi connectivity index (χ3v) is 9.30. The molecule has 2 fully saturated rings. The number of aromatic hydroxyl groups is 3. The highest BCUT2D eigenvalue weighted by molar-refractivity contribution is 5.95. The fourth-order valence-corrected chi connectivity index (χ4v) is 6.71. The summed E-state index contributed by atoms with van der Waals surface area (Å²) in [6, 6.07) is 7.07. The minimum absolute atomic E-state index is 0.0652. The van der Waals surface area contributed by atoms with Crippen molar-refractivity contribution in [1.82, 2.24) is 4.90 Å². The summed E-state index contributed by atoms with van der Waals surface area (Å²) in [6.07, 6.45) is -2.64. The van der Waals surface area contributed by atoms with Crippen molar-refractivity contribution >= 4 is 18.0 Å². The zero-order valence-corrected chi connectivity index (χ0v) is 25.9. The van der Waals surface area contributed by atoms with Crippen LogP contribution in [0.5, 0.6) is 23.0 Å². The second-order valence-electron chi connectivity index (χ2n) is 12.1. The molecule has 2 aromatic carbocycles. The Labute approximate surface area is 275 Å². The van der Waals surface area contributed by atoms with E-state index in [0.29, 0.717) is 30.5 Å². The molecule has 0 saturated carbocycles. The highest BCUT2D eigenvalue weighted by Crippen LogP contribution is 2.49. The summed E-state index contributed by atoms with van der Waals surface area (Å²) in [5, 5.41) is 61.9. The first-order valence-corrected chi connectivity index (χ1v) is 15.4. The fourth-order valence-electron chi connectivity index (χ4n) is 6.71. The van der Waals surface area contributed by atoms with Gasteiger partial charge in [-0.2, -0.15) is 0 Å². The molecule has 6 rings (SSSR count). The number of hydrogen-bond acceptors (Lipinski definition) is 13. The number of carbonyl (C=O) groups is 2. The number of hydrogen-bond donors (Lipinski definition) is 6. The number of nitrogens with zero attached hydrogens (tertiary/aromatic N) is 1. The molecular weight excluding hydrogens is 630 g/mol. The van der Waals surface area contributed by atoms with Crippen LogP contribution in [0, 0.1) is 11.8 Å². The van der Waals surface area contributed by atoms with Crippen LogP contribution in [0.25, 0.3) is 6.08 Å². The van der Waals surface area contributed by atoms with Gasteiger partial charge in [0.15, 0.2) is 29.3 Å². The summed E-state index contributed by atoms with van der Waals surface area (Å²) in [5.74, 6) is -2.45. The highest BCUT2D eigenvalue weighted by Gasteiger charge is 2.51. The molecule has 14 heteroatoms. The zero-order chi connectivity index (χ0) is 34.3. The minimum Gasteiger partial charge on any atom is -0.504 e. The molecule has 2 aromatic rings. The van der Waals surface area contributed by atoms with Crippen LogP contribution >= 0.6 is 0 Å². The van der Waals surface area contributed by atoms with Crippen molar-refractivity contribution in [3.8, 4) is 23.0 Å². The number of benzene rings is 2. The maximum absolute atomic E-state index is 13.6. The molecule has 0 spiro atoms. The second kappa shape index (κ2) is 13.5. The normalized spacial score (nSPS) is 31.2. The third-order valence-electron chi connectivity index (χ3n) is 9.30. The van der Waals surface area contributed by atoms with Crippen LogP contribution < -0.4 is 4.74 Å². The number of rotatable bonds is 8. The van der Waals surface area contributed by atoms with Crippen LogP contribution in [0.1, 0.15) is 29.2 Å². The molecule has 0 unspecified atom stereocenters. The lowest BCUT2D eigenvalue weighted by Crippen LogP contribution is -2.60. The van der Waals surface area contributed by atoms with Gasteiger partial charge in [-0.3, -0.25) is 4.79 Å². The first-order chi connectivity index (χ1) is 23.0. The van der Waals surface area contributed by atoms with Gasteiger partial charge in [0.2, 0.25) is 6.29 Å². The van der Waals surface area contributed by atoms with Crippen molar-refractivity contribution in [2.24, 2.45) is 11.8 Å². The average Bonchev–Trinajstić information content (AvgIpc) is 3.08. The topological polar surface area (TPSA) is 205 Å². The number of carbonyl (C=O) groups excluding carboxylic acids is 2. The van der Waals surface area contributed by atoms with Gasteiger partial charge in [0.05, 0.1) is 25.0 Å². The number of aliphatic hydroxyl groups excluding tert-OH is 3. The molecular formula is C34H37NO13. The molecule has 14 nitrogen and oxygen atoms in total. The summed E-state index contributed by atoms with van der Waals surface area (Å²) < 4.78 is 27.8. The standard InChI is InChI=1S/C34H37NO13/c1-3-18-20-12-22-19-13-25(38)24(37)11-17(19)8-9-35(22)32(43)21(20)14-46-33(18)48-34-31(42)30(41)29(40)27(47-34)15-45-28(39)7-5-16-4-6-23(36)26(10-16)44-2/h3-7,10-11,13-14,18,20,22,27,29-31,33-34,36-38,40-42H,1,8-9,12,15H2,2H3/b7-5+/t18-,20+,22-,27-,29-,30+,31-,33+,34+/m1/s1. The number of phenols is 3. The predicted octanol–water partition coefficient (Wildman–Crippen LogP) is 1.38. The Kier molecular flexibility index (Phi) is 9.36. The monoisotopic (exact) mass is 667 g/mol. The molecule has 256 valence electrons. The van der Waals surface area contributed by atoms with E-state index < -0.39 is 67.4 Å². The molecule has 4 aliphatic rings. The van der Waals surface area contributed by atoms with Gasteiger partial charge < -0.3 is 59.2 Å². The van der Waals surface area contributed by atoms with Crippen LogP contribution in [-0.2, 0) is 35.0 Å². The summed E-state index contributed by atoms with van der Waals surface area (Å²) in [4.78, 5) is 27.7. The van der Waals surface area contributed by atoms with E-state index in [1.54, 1.807) is 17.0 Å². The summed E-state index contributed by atoms with van der Waals surface area (Å²) in [6.45, 7) is 3.84. The van der Waals surface area contributed by atoms with E-state index in [1.165, 1.54) is 43.7 Å². The molecule has 0 bridgehead atoms. The fraction of sp³-hybridized carbons (Fsp3) is 0.412.